The standard InChI is InChI=1S/C21H25N3O6S/c1-31(27,28)24-13-5-6-18-16(8-13)17-9-15(29-19(12-25)21(17)30-18)10-20(26)23-11-14-4-2-3-7-22-14/h2-8,15,17,19,21,24-25H,9-12H2,1H3,(H,23,26)/t15-,17+,19-,21-/m1/s1. The summed E-state index contributed by atoms with van der Waals surface area (Å²) >= 11 is 0. The highest BCUT2D eigenvalue weighted by atomic mass is 32.2. The van der Waals surface area contributed by atoms with Gasteiger partial charge in [-0.25, -0.2) is 8.42 Å². The Balaban J connectivity index is 1.45. The Morgan fingerprint density at radius 1 is 1.29 bits per heavy atom. The topological polar surface area (TPSA) is 127 Å². The normalized spacial score (nSPS) is 24.6. The number of hydrogen-bond acceptors (Lipinski definition) is 7. The number of ether oxygens (including phenoxy) is 2. The number of amides is 1. The van der Waals surface area contributed by atoms with Crippen LogP contribution >= 0.6 is 0 Å². The summed E-state index contributed by atoms with van der Waals surface area (Å²) in [5.41, 5.74) is 2.05. The summed E-state index contributed by atoms with van der Waals surface area (Å²) in [7, 11) is -3.41. The van der Waals surface area contributed by atoms with Crippen LogP contribution in [0.4, 0.5) is 5.69 Å². The Kier molecular flexibility index (Phi) is 6.12. The predicted octanol–water partition coefficient (Wildman–Crippen LogP) is 1.15. The maximum atomic E-state index is 12.4. The maximum absolute atomic E-state index is 12.4. The second-order valence-electron chi connectivity index (χ2n) is 7.83. The quantitative estimate of drug-likeness (QED) is 0.581. The van der Waals surface area contributed by atoms with Gasteiger partial charge in [-0.3, -0.25) is 14.5 Å². The van der Waals surface area contributed by atoms with E-state index in [0.717, 1.165) is 17.5 Å². The Morgan fingerprint density at radius 2 is 2.13 bits per heavy atom. The first-order chi connectivity index (χ1) is 14.8. The molecule has 3 heterocycles. The van der Waals surface area contributed by atoms with Crippen molar-refractivity contribution in [3.05, 3.63) is 53.9 Å². The molecular weight excluding hydrogens is 422 g/mol. The van der Waals surface area contributed by atoms with Crippen LogP contribution in [0.2, 0.25) is 0 Å². The van der Waals surface area contributed by atoms with Crippen LogP contribution < -0.4 is 14.8 Å². The van der Waals surface area contributed by atoms with Gasteiger partial charge in [0.1, 0.15) is 18.0 Å². The zero-order chi connectivity index (χ0) is 22.0. The molecule has 0 aliphatic carbocycles. The number of pyridine rings is 1. The fraction of sp³-hybridized carbons (Fsp3) is 0.429. The maximum Gasteiger partial charge on any atom is 0.229 e. The van der Waals surface area contributed by atoms with Crippen molar-refractivity contribution in [2.45, 2.75) is 43.6 Å². The molecule has 0 saturated carbocycles. The highest BCUT2D eigenvalue weighted by molar-refractivity contribution is 7.92. The molecule has 10 heteroatoms. The number of sulfonamides is 1. The van der Waals surface area contributed by atoms with Crippen molar-refractivity contribution in [1.82, 2.24) is 10.3 Å². The third-order valence-electron chi connectivity index (χ3n) is 5.41. The van der Waals surface area contributed by atoms with Crippen LogP contribution in [0.3, 0.4) is 0 Å². The van der Waals surface area contributed by atoms with Crippen molar-refractivity contribution in [2.24, 2.45) is 0 Å². The molecule has 1 amide bonds. The molecule has 0 bridgehead atoms. The molecule has 2 aliphatic rings. The first kappa shape index (κ1) is 21.5. The van der Waals surface area contributed by atoms with Crippen LogP contribution in [0.15, 0.2) is 42.6 Å². The van der Waals surface area contributed by atoms with Gasteiger partial charge in [0.05, 0.1) is 37.6 Å². The lowest BCUT2D eigenvalue weighted by molar-refractivity contribution is -0.142. The van der Waals surface area contributed by atoms with E-state index in [2.05, 4.69) is 15.0 Å². The number of benzene rings is 1. The molecule has 166 valence electrons. The van der Waals surface area contributed by atoms with Gasteiger partial charge in [-0.2, -0.15) is 0 Å². The Bertz CT molecular complexity index is 1050. The van der Waals surface area contributed by atoms with Gasteiger partial charge in [-0.1, -0.05) is 6.07 Å². The average Bonchev–Trinajstić information content (AvgIpc) is 3.09. The van der Waals surface area contributed by atoms with Gasteiger partial charge in [-0.15, -0.1) is 0 Å². The van der Waals surface area contributed by atoms with Crippen molar-refractivity contribution < 1.29 is 27.8 Å². The molecule has 1 aromatic heterocycles. The number of carbonyl (C=O) groups excluding carboxylic acids is 1. The van der Waals surface area contributed by atoms with Crippen molar-refractivity contribution in [3.8, 4) is 5.75 Å². The van der Waals surface area contributed by atoms with E-state index in [1.807, 2.05) is 18.2 Å². The molecule has 4 rings (SSSR count). The number of anilines is 1. The SMILES string of the molecule is CS(=O)(=O)Nc1ccc2c(c1)[C@@H]1C[C@H](CC(=O)NCc3ccccn3)O[C@H](CO)[C@@H]1O2. The second kappa shape index (κ2) is 8.81. The van der Waals surface area contributed by atoms with Gasteiger partial charge < -0.3 is 19.9 Å². The molecule has 0 radical (unpaired) electrons. The molecule has 2 aliphatic heterocycles. The summed E-state index contributed by atoms with van der Waals surface area (Å²) in [6.45, 7) is 0.0873. The van der Waals surface area contributed by atoms with E-state index in [4.69, 9.17) is 9.47 Å². The minimum atomic E-state index is -3.41. The van der Waals surface area contributed by atoms with Gasteiger partial charge in [0.15, 0.2) is 0 Å². The fourth-order valence-corrected chi connectivity index (χ4v) is 4.69. The van der Waals surface area contributed by atoms with E-state index >= 15 is 0 Å². The number of rotatable bonds is 7. The number of aromatic nitrogens is 1. The van der Waals surface area contributed by atoms with Gasteiger partial charge in [0, 0.05) is 23.4 Å². The van der Waals surface area contributed by atoms with E-state index < -0.39 is 22.2 Å². The molecule has 2 aromatic rings. The van der Waals surface area contributed by atoms with Crippen molar-refractivity contribution >= 4 is 21.6 Å². The number of nitrogens with zero attached hydrogens (tertiary/aromatic N) is 1. The summed E-state index contributed by atoms with van der Waals surface area (Å²) in [6, 6.07) is 10.6. The number of fused-ring (bicyclic) bond motifs is 3. The van der Waals surface area contributed by atoms with Gasteiger partial charge in [0.25, 0.3) is 0 Å². The number of aliphatic hydroxyl groups excluding tert-OH is 1. The van der Waals surface area contributed by atoms with Crippen molar-refractivity contribution in [2.75, 3.05) is 17.6 Å². The smallest absolute Gasteiger partial charge is 0.229 e. The lowest BCUT2D eigenvalue weighted by atomic mass is 9.84. The van der Waals surface area contributed by atoms with E-state index in [-0.39, 0.29) is 31.0 Å². The molecule has 9 nitrogen and oxygen atoms in total. The fourth-order valence-electron chi connectivity index (χ4n) is 4.14. The summed E-state index contributed by atoms with van der Waals surface area (Å²) in [5.74, 6) is 0.351. The Labute approximate surface area is 180 Å². The number of hydrogen-bond donors (Lipinski definition) is 3. The molecule has 4 atom stereocenters. The lowest BCUT2D eigenvalue weighted by Gasteiger charge is -2.37. The van der Waals surface area contributed by atoms with Crippen LogP contribution in [0.5, 0.6) is 5.75 Å². The molecular formula is C21H25N3O6S. The van der Waals surface area contributed by atoms with Crippen molar-refractivity contribution in [3.63, 3.8) is 0 Å². The van der Waals surface area contributed by atoms with E-state index in [1.165, 1.54) is 0 Å². The lowest BCUT2D eigenvalue weighted by Crippen LogP contribution is -2.47. The third-order valence-corrected chi connectivity index (χ3v) is 6.01. The summed E-state index contributed by atoms with van der Waals surface area (Å²) in [4.78, 5) is 16.6. The molecule has 3 N–H and O–H groups in total. The summed E-state index contributed by atoms with van der Waals surface area (Å²) in [6.07, 6.45) is 2.06. The number of carbonyl (C=O) groups is 1. The summed E-state index contributed by atoms with van der Waals surface area (Å²) < 4.78 is 37.6. The first-order valence-electron chi connectivity index (χ1n) is 10.0. The minimum Gasteiger partial charge on any atom is -0.487 e. The van der Waals surface area contributed by atoms with Crippen LogP contribution in [0.1, 0.15) is 30.0 Å². The van der Waals surface area contributed by atoms with E-state index in [1.54, 1.807) is 24.4 Å². The van der Waals surface area contributed by atoms with Crippen LogP contribution in [0.25, 0.3) is 0 Å². The molecule has 1 fully saturated rings. The zero-order valence-electron chi connectivity index (χ0n) is 17.0. The van der Waals surface area contributed by atoms with E-state index in [9.17, 15) is 18.3 Å². The monoisotopic (exact) mass is 447 g/mol. The minimum absolute atomic E-state index is 0.115. The Hall–Kier alpha value is -2.69. The third kappa shape index (κ3) is 5.15. The zero-order valence-corrected chi connectivity index (χ0v) is 17.8. The molecule has 0 spiro atoms. The number of aliphatic hydroxyl groups is 1. The molecule has 0 unspecified atom stereocenters. The van der Waals surface area contributed by atoms with Gasteiger partial charge in [0.2, 0.25) is 15.9 Å². The molecule has 31 heavy (non-hydrogen) atoms. The highest BCUT2D eigenvalue weighted by Crippen LogP contribution is 2.47. The van der Waals surface area contributed by atoms with Gasteiger partial charge in [-0.05, 0) is 36.8 Å². The summed E-state index contributed by atoms with van der Waals surface area (Å²) in [5, 5.41) is 12.7. The molecule has 1 saturated heterocycles. The van der Waals surface area contributed by atoms with Gasteiger partial charge >= 0.3 is 0 Å². The first-order valence-corrected chi connectivity index (χ1v) is 11.9. The second-order valence-corrected chi connectivity index (χ2v) is 9.58. The highest BCUT2D eigenvalue weighted by Gasteiger charge is 2.46. The van der Waals surface area contributed by atoms with Crippen molar-refractivity contribution in [1.29, 1.82) is 0 Å². The number of nitrogens with one attached hydrogen (secondary N) is 2. The predicted molar refractivity (Wildman–Crippen MR) is 113 cm³/mol. The largest absolute Gasteiger partial charge is 0.487 e. The Morgan fingerprint density at radius 3 is 2.84 bits per heavy atom. The van der Waals surface area contributed by atoms with Crippen LogP contribution in [-0.2, 0) is 26.1 Å². The van der Waals surface area contributed by atoms with Crippen LogP contribution in [0, 0.1) is 0 Å². The van der Waals surface area contributed by atoms with Crippen LogP contribution in [-0.4, -0.2) is 55.6 Å². The average molecular weight is 448 g/mol. The molecule has 1 aromatic carbocycles. The van der Waals surface area contributed by atoms with E-state index in [0.29, 0.717) is 24.4 Å².